The Balaban J connectivity index is 2.48. The van der Waals surface area contributed by atoms with Crippen molar-refractivity contribution in [2.24, 2.45) is 0 Å². The fourth-order valence-electron chi connectivity index (χ4n) is 6.57. The molecule has 13 heteroatoms. The first-order chi connectivity index (χ1) is 30.0. The molecule has 6 atom stereocenters. The van der Waals surface area contributed by atoms with Gasteiger partial charge in [0, 0.05) is 12.8 Å². The molecule has 0 aromatic carbocycles. The molecule has 1 heterocycles. The highest BCUT2D eigenvalue weighted by molar-refractivity contribution is 7.85. The third kappa shape index (κ3) is 32.7. The molecule has 2 unspecified atom stereocenters. The maximum absolute atomic E-state index is 12.8. The molecule has 1 fully saturated rings. The van der Waals surface area contributed by atoms with Crippen LogP contribution in [-0.4, -0.2) is 96.0 Å². The van der Waals surface area contributed by atoms with Crippen LogP contribution in [0.1, 0.15) is 168 Å². The normalized spacial score (nSPS) is 20.5. The van der Waals surface area contributed by atoms with E-state index in [0.717, 1.165) is 70.6 Å². The number of carbonyl (C=O) groups excluding carboxylic acids is 2. The van der Waals surface area contributed by atoms with Gasteiger partial charge in [-0.3, -0.25) is 14.1 Å². The van der Waals surface area contributed by atoms with Crippen molar-refractivity contribution in [1.82, 2.24) is 0 Å². The summed E-state index contributed by atoms with van der Waals surface area (Å²) in [4.78, 5) is 25.4. The molecule has 0 spiro atoms. The minimum absolute atomic E-state index is 0.111. The summed E-state index contributed by atoms with van der Waals surface area (Å²) < 4.78 is 54.0. The Morgan fingerprint density at radius 2 is 0.968 bits per heavy atom. The Hall–Kier alpha value is -2.91. The number of esters is 2. The van der Waals surface area contributed by atoms with Crippen molar-refractivity contribution in [3.8, 4) is 0 Å². The number of rotatable bonds is 38. The lowest BCUT2D eigenvalue weighted by Gasteiger charge is -2.40. The number of hydrogen-bond donors (Lipinski definition) is 4. The predicted octanol–water partition coefficient (Wildman–Crippen LogP) is 9.89. The summed E-state index contributed by atoms with van der Waals surface area (Å²) in [6.45, 7) is 3.66. The number of aliphatic hydroxyl groups excluding tert-OH is 3. The Kier molecular flexibility index (Phi) is 35.5. The molecule has 0 aromatic rings. The third-order valence-corrected chi connectivity index (χ3v) is 11.0. The van der Waals surface area contributed by atoms with E-state index in [1.807, 2.05) is 0 Å². The van der Waals surface area contributed by atoms with E-state index in [9.17, 15) is 37.9 Å². The highest BCUT2D eigenvalue weighted by Gasteiger charge is 2.46. The average Bonchev–Trinajstić information content (AvgIpc) is 3.24. The molecule has 0 saturated carbocycles. The molecule has 62 heavy (non-hydrogen) atoms. The number of unbranched alkanes of at least 4 members (excludes halogenated alkanes) is 14. The van der Waals surface area contributed by atoms with Crippen LogP contribution < -0.4 is 0 Å². The third-order valence-electron chi connectivity index (χ3n) is 10.3. The van der Waals surface area contributed by atoms with Gasteiger partial charge in [-0.15, -0.1) is 0 Å². The van der Waals surface area contributed by atoms with Gasteiger partial charge < -0.3 is 34.3 Å². The summed E-state index contributed by atoms with van der Waals surface area (Å²) in [6.07, 6.45) is 39.4. The summed E-state index contributed by atoms with van der Waals surface area (Å²) in [7, 11) is -4.61. The molecule has 0 bridgehead atoms. The first-order valence-corrected chi connectivity index (χ1v) is 25.1. The Labute approximate surface area is 374 Å². The number of ether oxygens (including phenoxy) is 4. The second-order valence-electron chi connectivity index (χ2n) is 16.1. The van der Waals surface area contributed by atoms with Gasteiger partial charge in [-0.2, -0.15) is 8.42 Å². The molecule has 1 aliphatic heterocycles. The van der Waals surface area contributed by atoms with Gasteiger partial charge in [-0.1, -0.05) is 138 Å². The maximum Gasteiger partial charge on any atom is 0.306 e. The van der Waals surface area contributed by atoms with Gasteiger partial charge in [-0.25, -0.2) is 0 Å². The zero-order valence-electron chi connectivity index (χ0n) is 37.9. The lowest BCUT2D eigenvalue weighted by atomic mass is 10.00. The summed E-state index contributed by atoms with van der Waals surface area (Å²) in [5, 5.41) is 30.9. The van der Waals surface area contributed by atoms with E-state index in [1.54, 1.807) is 0 Å². The zero-order chi connectivity index (χ0) is 45.5. The van der Waals surface area contributed by atoms with Gasteiger partial charge in [0.2, 0.25) is 0 Å². The molecule has 1 saturated heterocycles. The van der Waals surface area contributed by atoms with E-state index in [1.165, 1.54) is 57.8 Å². The van der Waals surface area contributed by atoms with Crippen LogP contribution in [0.5, 0.6) is 0 Å². The standard InChI is InChI=1S/C49H82O12S/c1-3-5-7-9-11-13-15-17-19-20-21-22-24-25-27-29-31-33-35-37-44(50)58-39-42(40-59-49-48(54)47(53)46(52)43(61-49)41-62(55,56)57)60-45(51)38-36-34-32-30-28-26-23-18-16-14-12-10-8-6-4-2/h11,13,17-19,21-23,25,27-28,30,42-43,46-49,52-54H,3-10,12,14-16,20,24,26,29,31-41H2,1-2H3,(H,55,56,57)/b13-11+,19-17+,22-21+,23-18+,27-25+,30-28+/t42-,43-,46-,47?,48?,49+/m1/s1. The predicted molar refractivity (Wildman–Crippen MR) is 247 cm³/mol. The van der Waals surface area contributed by atoms with Gasteiger partial charge in [0.1, 0.15) is 36.8 Å². The monoisotopic (exact) mass is 895 g/mol. The van der Waals surface area contributed by atoms with Gasteiger partial charge >= 0.3 is 11.9 Å². The van der Waals surface area contributed by atoms with E-state index >= 15 is 0 Å². The summed E-state index contributed by atoms with van der Waals surface area (Å²) in [5.41, 5.74) is 0. The van der Waals surface area contributed by atoms with Crippen LogP contribution in [0.3, 0.4) is 0 Å². The van der Waals surface area contributed by atoms with Crippen molar-refractivity contribution >= 4 is 22.1 Å². The van der Waals surface area contributed by atoms with Crippen molar-refractivity contribution in [3.05, 3.63) is 72.9 Å². The number of aliphatic hydroxyl groups is 3. The lowest BCUT2D eigenvalue weighted by molar-refractivity contribution is -0.297. The lowest BCUT2D eigenvalue weighted by Crippen LogP contribution is -2.60. The van der Waals surface area contributed by atoms with E-state index in [4.69, 9.17) is 18.9 Å². The molecule has 356 valence electrons. The zero-order valence-corrected chi connectivity index (χ0v) is 38.8. The van der Waals surface area contributed by atoms with Crippen molar-refractivity contribution in [1.29, 1.82) is 0 Å². The first kappa shape index (κ1) is 57.1. The molecule has 0 aliphatic carbocycles. The van der Waals surface area contributed by atoms with Crippen LogP contribution in [0.25, 0.3) is 0 Å². The number of carbonyl (C=O) groups is 2. The molecule has 0 amide bonds. The minimum atomic E-state index is -4.61. The van der Waals surface area contributed by atoms with E-state index < -0.39 is 71.2 Å². The van der Waals surface area contributed by atoms with E-state index in [-0.39, 0.29) is 19.4 Å². The number of allylic oxidation sites excluding steroid dienone is 12. The second-order valence-corrected chi connectivity index (χ2v) is 17.6. The average molecular weight is 895 g/mol. The fraction of sp³-hybridized carbons (Fsp3) is 0.714. The van der Waals surface area contributed by atoms with Gasteiger partial charge in [-0.05, 0) is 89.9 Å². The molecule has 4 N–H and O–H groups in total. The summed E-state index contributed by atoms with van der Waals surface area (Å²) in [6, 6.07) is 0. The fourth-order valence-corrected chi connectivity index (χ4v) is 7.26. The Bertz CT molecular complexity index is 1420. The SMILES string of the molecule is CCCCC/C=C/C/C=C/C/C=C/C/C=C/CCCCCC(=O)OC[C@H](CO[C@H]1O[C@H](CS(=O)(=O)O)[C@@H](O)C(O)C1O)OC(=O)CCCC/C=C/C/C=C/CCCCCCCC. The van der Waals surface area contributed by atoms with Gasteiger partial charge in [0.15, 0.2) is 12.4 Å². The summed E-state index contributed by atoms with van der Waals surface area (Å²) in [5.74, 6) is -2.07. The second kappa shape index (κ2) is 38.5. The van der Waals surface area contributed by atoms with Crippen molar-refractivity contribution in [2.45, 2.75) is 205 Å². The minimum Gasteiger partial charge on any atom is -0.462 e. The van der Waals surface area contributed by atoms with Crippen molar-refractivity contribution in [2.75, 3.05) is 19.0 Å². The molecule has 1 aliphatic rings. The Morgan fingerprint density at radius 3 is 1.50 bits per heavy atom. The topological polar surface area (TPSA) is 186 Å². The van der Waals surface area contributed by atoms with Crippen LogP contribution in [-0.2, 0) is 38.7 Å². The smallest absolute Gasteiger partial charge is 0.306 e. The van der Waals surface area contributed by atoms with Crippen LogP contribution in [0.2, 0.25) is 0 Å². The van der Waals surface area contributed by atoms with Crippen molar-refractivity contribution in [3.63, 3.8) is 0 Å². The molecule has 0 aromatic heterocycles. The molecular weight excluding hydrogens is 813 g/mol. The first-order valence-electron chi connectivity index (χ1n) is 23.5. The van der Waals surface area contributed by atoms with E-state index in [0.29, 0.717) is 12.8 Å². The molecule has 12 nitrogen and oxygen atoms in total. The van der Waals surface area contributed by atoms with Crippen molar-refractivity contribution < 1.29 is 56.8 Å². The van der Waals surface area contributed by atoms with Crippen LogP contribution in [0.15, 0.2) is 72.9 Å². The van der Waals surface area contributed by atoms with Gasteiger partial charge in [0.05, 0.1) is 6.61 Å². The Morgan fingerprint density at radius 1 is 0.548 bits per heavy atom. The summed E-state index contributed by atoms with van der Waals surface area (Å²) >= 11 is 0. The molecular formula is C49H82O12S. The largest absolute Gasteiger partial charge is 0.462 e. The van der Waals surface area contributed by atoms with E-state index in [2.05, 4.69) is 86.8 Å². The quantitative estimate of drug-likeness (QED) is 0.0199. The van der Waals surface area contributed by atoms with Crippen LogP contribution in [0, 0.1) is 0 Å². The highest BCUT2D eigenvalue weighted by atomic mass is 32.2. The maximum atomic E-state index is 12.8. The number of hydrogen-bond acceptors (Lipinski definition) is 11. The van der Waals surface area contributed by atoms with Crippen LogP contribution >= 0.6 is 0 Å². The molecule has 1 rings (SSSR count). The van der Waals surface area contributed by atoms with Crippen LogP contribution in [0.4, 0.5) is 0 Å². The van der Waals surface area contributed by atoms with Gasteiger partial charge in [0.25, 0.3) is 10.1 Å². The molecule has 0 radical (unpaired) electrons. The highest BCUT2D eigenvalue weighted by Crippen LogP contribution is 2.24.